The zero-order valence-corrected chi connectivity index (χ0v) is 9.08. The van der Waals surface area contributed by atoms with Crippen molar-refractivity contribution in [1.82, 2.24) is 0 Å². The molecule has 17 heavy (non-hydrogen) atoms. The van der Waals surface area contributed by atoms with Crippen molar-refractivity contribution in [2.24, 2.45) is 0 Å². The Morgan fingerprint density at radius 3 is 2.00 bits per heavy atom. The Bertz CT molecular complexity index is 288. The maximum Gasteiger partial charge on any atom is 0.432 e. The smallest absolute Gasteiger partial charge is 0.395 e. The number of carbonyl (C=O) groups excluding carboxylic acids is 1. The van der Waals surface area contributed by atoms with Gasteiger partial charge in [-0.25, -0.2) is 9.18 Å². The van der Waals surface area contributed by atoms with E-state index in [2.05, 4.69) is 11.3 Å². The van der Waals surface area contributed by atoms with Gasteiger partial charge in [-0.15, -0.1) is 0 Å². The molecule has 0 saturated heterocycles. The molecule has 0 amide bonds. The molecule has 0 N–H and O–H groups in total. The molecule has 2 nitrogen and oxygen atoms in total. The van der Waals surface area contributed by atoms with Crippen molar-refractivity contribution in [1.29, 1.82) is 0 Å². The molecule has 0 saturated carbocycles. The fourth-order valence-corrected chi connectivity index (χ4v) is 0.597. The van der Waals surface area contributed by atoms with Crippen molar-refractivity contribution in [3.05, 3.63) is 12.2 Å². The largest absolute Gasteiger partial charge is 0.432 e. The third-order valence-electron chi connectivity index (χ3n) is 1.35. The van der Waals surface area contributed by atoms with E-state index >= 15 is 0 Å². The third kappa shape index (κ3) is 7.34. The fraction of sp³-hybridized carbons (Fsp3) is 0.625. The van der Waals surface area contributed by atoms with Gasteiger partial charge in [0.15, 0.2) is 0 Å². The van der Waals surface area contributed by atoms with Crippen LogP contribution in [0.2, 0.25) is 0 Å². The molecular formula is C8H8F6LiO2. The second-order valence-corrected chi connectivity index (χ2v) is 3.02. The summed E-state index contributed by atoms with van der Waals surface area (Å²) in [6, 6.07) is 0. The van der Waals surface area contributed by atoms with Gasteiger partial charge in [0, 0.05) is 24.4 Å². The van der Waals surface area contributed by atoms with Crippen molar-refractivity contribution < 1.29 is 35.9 Å². The Hall–Kier alpha value is -0.613. The normalized spacial score (nSPS) is 13.6. The van der Waals surface area contributed by atoms with Gasteiger partial charge >= 0.3 is 18.3 Å². The molecule has 0 bridgehead atoms. The Morgan fingerprint density at radius 1 is 1.29 bits per heavy atom. The van der Waals surface area contributed by atoms with Crippen molar-refractivity contribution in [3.63, 3.8) is 0 Å². The van der Waals surface area contributed by atoms with E-state index in [9.17, 15) is 31.1 Å². The molecular weight excluding hydrogens is 249 g/mol. The van der Waals surface area contributed by atoms with E-state index in [1.54, 1.807) is 0 Å². The van der Waals surface area contributed by atoms with Gasteiger partial charge < -0.3 is 4.74 Å². The second kappa shape index (κ2) is 6.36. The predicted octanol–water partition coefficient (Wildman–Crippen LogP) is 2.61. The average Bonchev–Trinajstić information content (AvgIpc) is 1.99. The van der Waals surface area contributed by atoms with Gasteiger partial charge in [-0.3, -0.25) is 0 Å². The van der Waals surface area contributed by atoms with Crippen LogP contribution in [-0.2, 0) is 9.53 Å². The zero-order chi connectivity index (χ0) is 13.1. The number of carbonyl (C=O) groups is 1. The SMILES string of the molecule is C=C(C)C(=O)OC(F)(F)C(F)CC(F)(F)F.[Li]. The summed E-state index contributed by atoms with van der Waals surface area (Å²) in [4.78, 5) is 10.6. The first-order valence-electron chi connectivity index (χ1n) is 3.93. The summed E-state index contributed by atoms with van der Waals surface area (Å²) >= 11 is 0. The van der Waals surface area contributed by atoms with Crippen LogP contribution in [0.4, 0.5) is 26.3 Å². The van der Waals surface area contributed by atoms with Crippen LogP contribution in [-0.4, -0.2) is 43.3 Å². The molecule has 9 heteroatoms. The van der Waals surface area contributed by atoms with Crippen LogP contribution in [0, 0.1) is 0 Å². The standard InChI is InChI=1S/C8H8F6O2.Li/c1-4(2)6(15)16-8(13,14)5(9)3-7(10,11)12;/h5H,1,3H2,2H3;. The molecule has 0 aromatic carbocycles. The van der Waals surface area contributed by atoms with E-state index in [1.807, 2.05) is 0 Å². The van der Waals surface area contributed by atoms with E-state index in [-0.39, 0.29) is 18.9 Å². The number of hydrogen-bond donors (Lipinski definition) is 0. The van der Waals surface area contributed by atoms with Gasteiger partial charge in [0.25, 0.3) is 0 Å². The zero-order valence-electron chi connectivity index (χ0n) is 9.08. The number of ether oxygens (including phenoxy) is 1. The summed E-state index contributed by atoms with van der Waals surface area (Å²) in [5.74, 6) is -1.66. The molecule has 0 aliphatic rings. The monoisotopic (exact) mass is 257 g/mol. The van der Waals surface area contributed by atoms with Crippen LogP contribution in [0.15, 0.2) is 12.2 Å². The molecule has 0 aliphatic heterocycles. The van der Waals surface area contributed by atoms with Crippen molar-refractivity contribution in [2.45, 2.75) is 31.8 Å². The van der Waals surface area contributed by atoms with Gasteiger partial charge in [-0.05, 0) is 6.92 Å². The van der Waals surface area contributed by atoms with Crippen LogP contribution >= 0.6 is 0 Å². The molecule has 95 valence electrons. The number of rotatable bonds is 4. The summed E-state index contributed by atoms with van der Waals surface area (Å²) < 4.78 is 75.8. The van der Waals surface area contributed by atoms with Crippen LogP contribution in [0.1, 0.15) is 13.3 Å². The van der Waals surface area contributed by atoms with Crippen LogP contribution < -0.4 is 0 Å². The minimum atomic E-state index is -5.11. The second-order valence-electron chi connectivity index (χ2n) is 3.02. The number of hydrogen-bond acceptors (Lipinski definition) is 2. The summed E-state index contributed by atoms with van der Waals surface area (Å²) in [6.45, 7) is 3.92. The van der Waals surface area contributed by atoms with E-state index in [4.69, 9.17) is 0 Å². The predicted molar refractivity (Wildman–Crippen MR) is 47.2 cm³/mol. The average molecular weight is 257 g/mol. The molecule has 0 rings (SSSR count). The van der Waals surface area contributed by atoms with Gasteiger partial charge in [0.2, 0.25) is 6.17 Å². The molecule has 1 radical (unpaired) electrons. The van der Waals surface area contributed by atoms with Gasteiger partial charge in [-0.1, -0.05) is 6.58 Å². The van der Waals surface area contributed by atoms with Gasteiger partial charge in [0.1, 0.15) is 0 Å². The quantitative estimate of drug-likeness (QED) is 0.335. The molecule has 0 aromatic rings. The maximum absolute atomic E-state index is 12.6. The van der Waals surface area contributed by atoms with E-state index in [0.717, 1.165) is 6.92 Å². The molecule has 0 aliphatic carbocycles. The third-order valence-corrected chi connectivity index (χ3v) is 1.35. The minimum Gasteiger partial charge on any atom is -0.395 e. The van der Waals surface area contributed by atoms with Crippen LogP contribution in [0.25, 0.3) is 0 Å². The topological polar surface area (TPSA) is 26.3 Å². The molecule has 1 atom stereocenters. The fourth-order valence-electron chi connectivity index (χ4n) is 0.597. The number of alkyl halides is 6. The first-order chi connectivity index (χ1) is 6.96. The van der Waals surface area contributed by atoms with Gasteiger partial charge in [0.05, 0.1) is 6.42 Å². The summed E-state index contributed by atoms with van der Waals surface area (Å²) in [5, 5.41) is 0. The summed E-state index contributed by atoms with van der Waals surface area (Å²) in [6.07, 6.45) is -16.0. The van der Waals surface area contributed by atoms with E-state index in [1.165, 1.54) is 0 Å². The molecule has 1 unspecified atom stereocenters. The Kier molecular flexibility index (Phi) is 7.01. The van der Waals surface area contributed by atoms with Gasteiger partial charge in [-0.2, -0.15) is 22.0 Å². The van der Waals surface area contributed by atoms with E-state index in [0.29, 0.717) is 0 Å². The minimum absolute atomic E-state index is 0. The Balaban J connectivity index is 0. The Labute approximate surface area is 105 Å². The van der Waals surface area contributed by atoms with Crippen molar-refractivity contribution in [3.8, 4) is 0 Å². The molecule has 0 aromatic heterocycles. The van der Waals surface area contributed by atoms with Crippen molar-refractivity contribution >= 4 is 24.8 Å². The summed E-state index contributed by atoms with van der Waals surface area (Å²) in [7, 11) is 0. The Morgan fingerprint density at radius 2 is 1.71 bits per heavy atom. The summed E-state index contributed by atoms with van der Waals surface area (Å²) in [5.41, 5.74) is -0.473. The number of halogens is 6. The van der Waals surface area contributed by atoms with E-state index < -0.39 is 36.4 Å². The molecule has 0 heterocycles. The molecule has 0 spiro atoms. The molecule has 0 fully saturated rings. The number of esters is 1. The van der Waals surface area contributed by atoms with Crippen LogP contribution in [0.5, 0.6) is 0 Å². The first kappa shape index (κ1) is 18.7. The van der Waals surface area contributed by atoms with Crippen LogP contribution in [0.3, 0.4) is 0 Å². The first-order valence-corrected chi connectivity index (χ1v) is 3.93. The van der Waals surface area contributed by atoms with Crippen molar-refractivity contribution in [2.75, 3.05) is 0 Å². The maximum atomic E-state index is 12.6.